The van der Waals surface area contributed by atoms with Gasteiger partial charge in [0.1, 0.15) is 38.2 Å². The molecular formula is C36H31IN6O6S4. The third-order valence-corrected chi connectivity index (χ3v) is 12.7. The van der Waals surface area contributed by atoms with E-state index in [0.717, 1.165) is 57.0 Å². The molecule has 4 aromatic heterocycles. The van der Waals surface area contributed by atoms with Gasteiger partial charge in [-0.25, -0.2) is 19.6 Å². The molecule has 6 aromatic rings. The number of thioether (sulfide) groups is 2. The van der Waals surface area contributed by atoms with Crippen LogP contribution in [0, 0.1) is 0 Å². The second-order valence-corrected chi connectivity index (χ2v) is 15.9. The van der Waals surface area contributed by atoms with Gasteiger partial charge in [0.2, 0.25) is 0 Å². The number of esters is 1. The number of aliphatic carboxylic acids is 1. The Kier molecular flexibility index (Phi) is 13.6. The number of benzene rings is 2. The highest BCUT2D eigenvalue weighted by molar-refractivity contribution is 14.1. The Balaban J connectivity index is 0.000000155. The van der Waals surface area contributed by atoms with Gasteiger partial charge in [0.15, 0.2) is 12.1 Å². The van der Waals surface area contributed by atoms with E-state index in [1.165, 1.54) is 40.4 Å². The van der Waals surface area contributed by atoms with Crippen LogP contribution in [-0.4, -0.2) is 84.9 Å². The molecule has 0 saturated heterocycles. The molecule has 2 aromatic carbocycles. The first-order valence-electron chi connectivity index (χ1n) is 15.9. The number of hydrogen-bond donors (Lipinski definition) is 1. The van der Waals surface area contributed by atoms with E-state index in [0.29, 0.717) is 16.5 Å². The summed E-state index contributed by atoms with van der Waals surface area (Å²) in [7, 11) is 3.26. The molecule has 2 aliphatic rings. The quantitative estimate of drug-likeness (QED) is 0.0864. The van der Waals surface area contributed by atoms with Gasteiger partial charge in [0.05, 0.1) is 34.7 Å². The van der Waals surface area contributed by atoms with Crippen LogP contribution >= 0.6 is 68.8 Å². The summed E-state index contributed by atoms with van der Waals surface area (Å²) in [5.74, 6) is 1.42. The van der Waals surface area contributed by atoms with Crippen LogP contribution in [0.15, 0.2) is 95.4 Å². The summed E-state index contributed by atoms with van der Waals surface area (Å²) in [6.07, 6.45) is 7.03. The van der Waals surface area contributed by atoms with E-state index < -0.39 is 18.1 Å². The highest BCUT2D eigenvalue weighted by Crippen LogP contribution is 2.33. The molecule has 0 radical (unpaired) electrons. The van der Waals surface area contributed by atoms with Gasteiger partial charge in [-0.05, 0) is 54.1 Å². The fraction of sp³-hybridized carbons (Fsp3) is 0.222. The van der Waals surface area contributed by atoms with Crippen molar-refractivity contribution in [2.45, 2.75) is 23.1 Å². The van der Waals surface area contributed by atoms with Gasteiger partial charge < -0.3 is 19.3 Å². The van der Waals surface area contributed by atoms with Crippen LogP contribution in [0.5, 0.6) is 11.5 Å². The number of carboxylic acid groups (broad SMARTS) is 1. The van der Waals surface area contributed by atoms with Crippen molar-refractivity contribution in [3.05, 3.63) is 107 Å². The summed E-state index contributed by atoms with van der Waals surface area (Å²) >= 11 is 8.34. The molecule has 1 N–H and O–H groups in total. The van der Waals surface area contributed by atoms with Gasteiger partial charge in [-0.15, -0.1) is 46.2 Å². The van der Waals surface area contributed by atoms with Gasteiger partial charge in [-0.1, -0.05) is 34.7 Å². The number of nitrogens with zero attached hydrogens (tertiary/aromatic N) is 6. The summed E-state index contributed by atoms with van der Waals surface area (Å²) in [6, 6.07) is 18.0. The van der Waals surface area contributed by atoms with Crippen molar-refractivity contribution in [1.82, 2.24) is 19.9 Å². The lowest BCUT2D eigenvalue weighted by Crippen LogP contribution is -2.21. The maximum absolute atomic E-state index is 12.3. The molecule has 0 fully saturated rings. The molecule has 0 spiro atoms. The van der Waals surface area contributed by atoms with Crippen molar-refractivity contribution in [3.63, 3.8) is 0 Å². The number of aliphatic imine (C=N–C) groups is 2. The zero-order chi connectivity index (χ0) is 37.2. The first-order valence-corrected chi connectivity index (χ1v) is 21.0. The lowest BCUT2D eigenvalue weighted by Gasteiger charge is -2.06. The first-order chi connectivity index (χ1) is 25.8. The normalized spacial score (nSPS) is 16.1. The Morgan fingerprint density at radius 1 is 0.774 bits per heavy atom. The van der Waals surface area contributed by atoms with Crippen molar-refractivity contribution >= 4 is 111 Å². The van der Waals surface area contributed by atoms with Gasteiger partial charge in [0, 0.05) is 46.3 Å². The fourth-order valence-electron chi connectivity index (χ4n) is 4.69. The molecule has 0 bridgehead atoms. The molecular weight excluding hydrogens is 868 g/mol. The lowest BCUT2D eigenvalue weighted by atomic mass is 10.3. The third kappa shape index (κ3) is 10.3. The van der Waals surface area contributed by atoms with Crippen molar-refractivity contribution in [2.75, 3.05) is 25.7 Å². The van der Waals surface area contributed by atoms with E-state index in [1.54, 1.807) is 44.1 Å². The number of halogens is 1. The van der Waals surface area contributed by atoms with Crippen LogP contribution in [0.4, 0.5) is 0 Å². The number of carbonyl (C=O) groups excluding carboxylic acids is 1. The van der Waals surface area contributed by atoms with Gasteiger partial charge in [-0.2, -0.15) is 0 Å². The van der Waals surface area contributed by atoms with Crippen LogP contribution in [-0.2, 0) is 25.4 Å². The third-order valence-electron chi connectivity index (χ3n) is 7.40. The zero-order valence-corrected chi connectivity index (χ0v) is 33.7. The molecule has 12 nitrogen and oxygen atoms in total. The van der Waals surface area contributed by atoms with E-state index in [1.807, 2.05) is 60.8 Å². The number of rotatable bonds is 9. The van der Waals surface area contributed by atoms with Gasteiger partial charge in [0.25, 0.3) is 0 Å². The number of hydrogen-bond acceptors (Lipinski definition) is 15. The number of ether oxygens (including phenoxy) is 3. The molecule has 2 aliphatic heterocycles. The minimum atomic E-state index is -0.884. The Morgan fingerprint density at radius 2 is 1.30 bits per heavy atom. The predicted molar refractivity (Wildman–Crippen MR) is 222 cm³/mol. The maximum Gasteiger partial charge on any atom is 0.332 e. The SMILES string of the molecule is COc1ccc2nc(C3=N[C@@H](C(=O)O)CS3)sc2c1.COc1ccc2nc(C3=N[C@@H](C(=O)OCc4cccnc4)CS3)sc2c1.ICc1cccnc1. The molecule has 53 heavy (non-hydrogen) atoms. The standard InChI is InChI=1S/C18H15N3O3S2.C12H10N2O3S2.C6H6IN/c1-23-12-4-5-13-15(7-12)26-17(20-13)16-21-14(10-25-16)18(22)24-9-11-3-2-6-19-8-11;1-17-6-2-3-7-9(4-6)19-11(13-7)10-14-8(5-18-10)12(15)16;7-4-6-2-1-3-8-5-6/h2-8,14H,9-10H2,1H3;2-4,8H,5H2,1H3,(H,15,16);1-3,5H,4H2/t14-;8-;/m11./s1. The summed E-state index contributed by atoms with van der Waals surface area (Å²) in [5, 5.41) is 12.0. The molecule has 0 aliphatic carbocycles. The Morgan fingerprint density at radius 3 is 1.75 bits per heavy atom. The van der Waals surface area contributed by atoms with Crippen LogP contribution in [0.3, 0.4) is 0 Å². The summed E-state index contributed by atoms with van der Waals surface area (Å²) in [6.45, 7) is 0.208. The maximum atomic E-state index is 12.3. The van der Waals surface area contributed by atoms with Crippen molar-refractivity contribution < 1.29 is 28.9 Å². The molecule has 272 valence electrons. The average molecular weight is 899 g/mol. The van der Waals surface area contributed by atoms with Crippen LogP contribution in [0.2, 0.25) is 0 Å². The van der Waals surface area contributed by atoms with E-state index in [9.17, 15) is 9.59 Å². The number of methoxy groups -OCH3 is 2. The second-order valence-electron chi connectivity index (χ2n) is 11.0. The minimum Gasteiger partial charge on any atom is -0.497 e. The monoisotopic (exact) mass is 898 g/mol. The second kappa shape index (κ2) is 18.7. The number of thiazole rings is 2. The molecule has 8 rings (SSSR count). The number of carbonyl (C=O) groups is 2. The summed E-state index contributed by atoms with van der Waals surface area (Å²) in [5.41, 5.74) is 3.92. The topological polar surface area (TPSA) is 158 Å². The smallest absolute Gasteiger partial charge is 0.332 e. The van der Waals surface area contributed by atoms with Crippen molar-refractivity contribution in [1.29, 1.82) is 0 Å². The lowest BCUT2D eigenvalue weighted by molar-refractivity contribution is -0.145. The van der Waals surface area contributed by atoms with E-state index in [2.05, 4.69) is 58.6 Å². The molecule has 2 atom stereocenters. The van der Waals surface area contributed by atoms with Crippen LogP contribution in [0.1, 0.15) is 21.1 Å². The number of aromatic nitrogens is 4. The van der Waals surface area contributed by atoms with Crippen molar-refractivity contribution in [3.8, 4) is 11.5 Å². The molecule has 17 heteroatoms. The average Bonchev–Trinajstić information content (AvgIpc) is 4.03. The predicted octanol–water partition coefficient (Wildman–Crippen LogP) is 7.57. The minimum absolute atomic E-state index is 0.208. The molecule has 0 unspecified atom stereocenters. The highest BCUT2D eigenvalue weighted by Gasteiger charge is 2.29. The number of pyridine rings is 2. The molecule has 0 saturated carbocycles. The van der Waals surface area contributed by atoms with Crippen molar-refractivity contribution in [2.24, 2.45) is 9.98 Å². The zero-order valence-electron chi connectivity index (χ0n) is 28.2. The number of carboxylic acids is 1. The van der Waals surface area contributed by atoms with Crippen LogP contribution in [0.25, 0.3) is 20.4 Å². The Bertz CT molecular complexity index is 2250. The number of fused-ring (bicyclic) bond motifs is 2. The Labute approximate surface area is 334 Å². The van der Waals surface area contributed by atoms with Gasteiger partial charge >= 0.3 is 11.9 Å². The molecule has 6 heterocycles. The first kappa shape index (κ1) is 38.6. The summed E-state index contributed by atoms with van der Waals surface area (Å²) < 4.78 is 18.9. The van der Waals surface area contributed by atoms with E-state index in [4.69, 9.17) is 19.3 Å². The summed E-state index contributed by atoms with van der Waals surface area (Å²) in [4.78, 5) is 48.9. The van der Waals surface area contributed by atoms with E-state index in [-0.39, 0.29) is 12.6 Å². The highest BCUT2D eigenvalue weighted by atomic mass is 127. The van der Waals surface area contributed by atoms with E-state index >= 15 is 0 Å². The largest absolute Gasteiger partial charge is 0.497 e. The number of alkyl halides is 1. The van der Waals surface area contributed by atoms with Gasteiger partial charge in [-0.3, -0.25) is 20.0 Å². The van der Waals surface area contributed by atoms with Crippen LogP contribution < -0.4 is 9.47 Å². The Hall–Kier alpha value is -4.17. The fourth-order valence-corrected chi connectivity index (χ4v) is 9.31. The molecule has 0 amide bonds.